The topological polar surface area (TPSA) is 83.6 Å². The van der Waals surface area contributed by atoms with Crippen molar-refractivity contribution in [3.63, 3.8) is 0 Å². The molecule has 150 valence electrons. The molecule has 3 N–H and O–H groups in total. The standard InChI is InChI=1S/C21H24N2O4.ClH/c1-2-26-18-5-3-4-15(10-18)12-22-13-17(24)14-27-19-7-8-20-16(11-19)6-9-21(25)23-20;/h3-11,17,22,24H,2,12-14H2,1H3,(H,23,25);1H. The molecule has 0 aliphatic carbocycles. The van der Waals surface area contributed by atoms with Crippen molar-refractivity contribution in [2.24, 2.45) is 0 Å². The van der Waals surface area contributed by atoms with Gasteiger partial charge in [-0.15, -0.1) is 12.4 Å². The Bertz CT molecular complexity index is 945. The Morgan fingerprint density at radius 2 is 1.89 bits per heavy atom. The molecule has 0 bridgehead atoms. The van der Waals surface area contributed by atoms with Gasteiger partial charge in [0.1, 0.15) is 24.2 Å². The Balaban J connectivity index is 0.00000280. The van der Waals surface area contributed by atoms with E-state index >= 15 is 0 Å². The van der Waals surface area contributed by atoms with Gasteiger partial charge in [0, 0.05) is 30.1 Å². The maximum atomic E-state index is 11.3. The lowest BCUT2D eigenvalue weighted by atomic mass is 10.2. The van der Waals surface area contributed by atoms with Gasteiger partial charge in [0.25, 0.3) is 0 Å². The van der Waals surface area contributed by atoms with Gasteiger partial charge in [0.2, 0.25) is 5.56 Å². The van der Waals surface area contributed by atoms with Gasteiger partial charge < -0.3 is 24.9 Å². The molecule has 7 heteroatoms. The molecule has 3 aromatic rings. The number of nitrogens with one attached hydrogen (secondary N) is 2. The zero-order valence-corrected chi connectivity index (χ0v) is 16.5. The molecule has 0 fully saturated rings. The number of pyridine rings is 1. The molecule has 0 saturated heterocycles. The number of rotatable bonds is 9. The van der Waals surface area contributed by atoms with E-state index in [-0.39, 0.29) is 24.6 Å². The number of aliphatic hydroxyl groups excluding tert-OH is 1. The molecule has 1 heterocycles. The number of hydrogen-bond donors (Lipinski definition) is 3. The summed E-state index contributed by atoms with van der Waals surface area (Å²) in [6.45, 7) is 3.83. The SMILES string of the molecule is CCOc1cccc(CNCC(O)COc2ccc3[nH]c(=O)ccc3c2)c1.Cl. The highest BCUT2D eigenvalue weighted by molar-refractivity contribution is 5.85. The van der Waals surface area contributed by atoms with Crippen LogP contribution in [-0.4, -0.2) is 36.0 Å². The highest BCUT2D eigenvalue weighted by Gasteiger charge is 2.06. The largest absolute Gasteiger partial charge is 0.494 e. The molecule has 2 aromatic carbocycles. The lowest BCUT2D eigenvalue weighted by Gasteiger charge is -2.14. The van der Waals surface area contributed by atoms with E-state index in [9.17, 15) is 9.90 Å². The first-order valence-electron chi connectivity index (χ1n) is 9.00. The maximum Gasteiger partial charge on any atom is 0.248 e. The summed E-state index contributed by atoms with van der Waals surface area (Å²) in [6.07, 6.45) is -0.633. The van der Waals surface area contributed by atoms with Crippen molar-refractivity contribution in [2.45, 2.75) is 19.6 Å². The third kappa shape index (κ3) is 6.27. The molecule has 0 saturated carbocycles. The van der Waals surface area contributed by atoms with Crippen LogP contribution in [0.15, 0.2) is 59.4 Å². The molecular formula is C21H25ClN2O4. The summed E-state index contributed by atoms with van der Waals surface area (Å²) in [7, 11) is 0. The summed E-state index contributed by atoms with van der Waals surface area (Å²) in [5.74, 6) is 1.50. The van der Waals surface area contributed by atoms with Crippen LogP contribution in [-0.2, 0) is 6.54 Å². The van der Waals surface area contributed by atoms with Crippen LogP contribution in [0.25, 0.3) is 10.9 Å². The van der Waals surface area contributed by atoms with Gasteiger partial charge in [0.05, 0.1) is 6.61 Å². The molecule has 0 spiro atoms. The Labute approximate surface area is 169 Å². The zero-order valence-electron chi connectivity index (χ0n) is 15.7. The fourth-order valence-electron chi connectivity index (χ4n) is 2.77. The second kappa shape index (κ2) is 10.7. The minimum absolute atomic E-state index is 0. The average molecular weight is 405 g/mol. The van der Waals surface area contributed by atoms with Crippen molar-refractivity contribution in [3.05, 3.63) is 70.5 Å². The predicted molar refractivity (Wildman–Crippen MR) is 113 cm³/mol. The van der Waals surface area contributed by atoms with Crippen molar-refractivity contribution < 1.29 is 14.6 Å². The second-order valence-corrected chi connectivity index (χ2v) is 6.25. The molecular weight excluding hydrogens is 380 g/mol. The van der Waals surface area contributed by atoms with Gasteiger partial charge in [-0.05, 0) is 48.9 Å². The molecule has 0 aliphatic rings. The van der Waals surface area contributed by atoms with Crippen molar-refractivity contribution >= 4 is 23.3 Å². The first kappa shape index (κ1) is 21.8. The van der Waals surface area contributed by atoms with Crippen LogP contribution in [0.4, 0.5) is 0 Å². The molecule has 0 aliphatic heterocycles. The summed E-state index contributed by atoms with van der Waals surface area (Å²) >= 11 is 0. The van der Waals surface area contributed by atoms with Crippen molar-refractivity contribution in [1.82, 2.24) is 10.3 Å². The van der Waals surface area contributed by atoms with Gasteiger partial charge in [-0.25, -0.2) is 0 Å². The normalized spacial score (nSPS) is 11.6. The third-order valence-electron chi connectivity index (χ3n) is 4.06. The van der Waals surface area contributed by atoms with Crippen LogP contribution in [0.5, 0.6) is 11.5 Å². The number of aromatic nitrogens is 1. The molecule has 0 amide bonds. The van der Waals surface area contributed by atoms with Crippen LogP contribution in [0, 0.1) is 0 Å². The number of hydrogen-bond acceptors (Lipinski definition) is 5. The van der Waals surface area contributed by atoms with Gasteiger partial charge in [0.15, 0.2) is 0 Å². The Morgan fingerprint density at radius 1 is 1.07 bits per heavy atom. The summed E-state index contributed by atoms with van der Waals surface area (Å²) in [5.41, 5.74) is 1.72. The fourth-order valence-corrected chi connectivity index (χ4v) is 2.77. The number of aromatic amines is 1. The molecule has 0 radical (unpaired) electrons. The lowest BCUT2D eigenvalue weighted by molar-refractivity contribution is 0.106. The zero-order chi connectivity index (χ0) is 19.1. The van der Waals surface area contributed by atoms with Crippen molar-refractivity contribution in [3.8, 4) is 11.5 Å². The van der Waals surface area contributed by atoms with E-state index in [0.717, 1.165) is 22.2 Å². The summed E-state index contributed by atoms with van der Waals surface area (Å²) < 4.78 is 11.1. The quantitative estimate of drug-likeness (QED) is 0.510. The number of H-pyrrole nitrogens is 1. The third-order valence-corrected chi connectivity index (χ3v) is 4.06. The summed E-state index contributed by atoms with van der Waals surface area (Å²) in [5, 5.41) is 14.2. The van der Waals surface area contributed by atoms with E-state index < -0.39 is 6.10 Å². The highest BCUT2D eigenvalue weighted by Crippen LogP contribution is 2.18. The van der Waals surface area contributed by atoms with Crippen LogP contribution >= 0.6 is 12.4 Å². The van der Waals surface area contributed by atoms with Gasteiger partial charge in [-0.2, -0.15) is 0 Å². The van der Waals surface area contributed by atoms with E-state index in [1.54, 1.807) is 18.2 Å². The van der Waals surface area contributed by atoms with E-state index in [2.05, 4.69) is 10.3 Å². The number of halogens is 1. The van der Waals surface area contributed by atoms with E-state index in [0.29, 0.717) is 25.4 Å². The van der Waals surface area contributed by atoms with E-state index in [1.807, 2.05) is 37.3 Å². The average Bonchev–Trinajstić information content (AvgIpc) is 2.67. The van der Waals surface area contributed by atoms with Crippen LogP contribution in [0.1, 0.15) is 12.5 Å². The first-order valence-corrected chi connectivity index (χ1v) is 9.00. The number of ether oxygens (including phenoxy) is 2. The van der Waals surface area contributed by atoms with Crippen LogP contribution in [0.2, 0.25) is 0 Å². The molecule has 6 nitrogen and oxygen atoms in total. The maximum absolute atomic E-state index is 11.3. The lowest BCUT2D eigenvalue weighted by Crippen LogP contribution is -2.31. The second-order valence-electron chi connectivity index (χ2n) is 6.25. The molecule has 1 aromatic heterocycles. The number of benzene rings is 2. The van der Waals surface area contributed by atoms with E-state index in [4.69, 9.17) is 9.47 Å². The van der Waals surface area contributed by atoms with Gasteiger partial charge in [-0.1, -0.05) is 12.1 Å². The van der Waals surface area contributed by atoms with Crippen LogP contribution in [0.3, 0.4) is 0 Å². The fraction of sp³-hybridized carbons (Fsp3) is 0.286. The van der Waals surface area contributed by atoms with Gasteiger partial charge in [-0.3, -0.25) is 4.79 Å². The number of fused-ring (bicyclic) bond motifs is 1. The van der Waals surface area contributed by atoms with Crippen molar-refractivity contribution in [2.75, 3.05) is 19.8 Å². The van der Waals surface area contributed by atoms with Gasteiger partial charge >= 0.3 is 0 Å². The molecule has 3 rings (SSSR count). The molecule has 1 atom stereocenters. The summed E-state index contributed by atoms with van der Waals surface area (Å²) in [6, 6.07) is 16.5. The minimum atomic E-state index is -0.633. The Kier molecular flexibility index (Phi) is 8.32. The smallest absolute Gasteiger partial charge is 0.248 e. The molecule has 28 heavy (non-hydrogen) atoms. The highest BCUT2D eigenvalue weighted by atomic mass is 35.5. The monoisotopic (exact) mass is 404 g/mol. The first-order chi connectivity index (χ1) is 13.1. The Morgan fingerprint density at radius 3 is 2.71 bits per heavy atom. The molecule has 1 unspecified atom stereocenters. The van der Waals surface area contributed by atoms with E-state index in [1.165, 1.54) is 6.07 Å². The minimum Gasteiger partial charge on any atom is -0.494 e. The summed E-state index contributed by atoms with van der Waals surface area (Å²) in [4.78, 5) is 14.1. The van der Waals surface area contributed by atoms with Crippen molar-refractivity contribution in [1.29, 1.82) is 0 Å². The predicted octanol–water partition coefficient (Wildman–Crippen LogP) is 2.88. The Hall–Kier alpha value is -2.54. The van der Waals surface area contributed by atoms with Crippen LogP contribution < -0.4 is 20.3 Å². The number of aliphatic hydroxyl groups is 1.